The topological polar surface area (TPSA) is 13.0 Å². The molecule has 20 rings (SSSR count). The molecule has 0 radical (unpaired) electrons. The third-order valence-corrected chi connectivity index (χ3v) is 22.7. The van der Waals surface area contributed by atoms with E-state index in [1.807, 2.05) is 0 Å². The Morgan fingerprint density at radius 2 is 0.526 bits per heavy atom. The standard InChI is InChI=1S/C91H66B2N4/c1-89(2)69-37-17-23-43-79(69)94(80-44-24-18-38-70(80)89)63-49-51-67-65(57-63)85-73(53-55-77-87(85)96(61-33-13-7-14-34-61)83-47-27-21-41-75(83)92(77)59-29-9-5-10-30-59)91(67)68-52-50-64(95-81-45-25-19-39-71(81)90(3,4)72-40-20-26-46-82(72)95)58-66(68)86-74(91)54-56-78-88(86)97(62-35-15-8-16-36-62)84-48-28-22-42-76(84)93(78)60-31-11-6-12-32-60/h5-58H,1-4H3. The summed E-state index contributed by atoms with van der Waals surface area (Å²) in [6.07, 6.45) is 0. The quantitative estimate of drug-likeness (QED) is 0.154. The zero-order chi connectivity index (χ0) is 64.5. The first kappa shape index (κ1) is 55.8. The van der Waals surface area contributed by atoms with Gasteiger partial charge in [-0.15, -0.1) is 0 Å². The van der Waals surface area contributed by atoms with Crippen LogP contribution in [0.15, 0.2) is 328 Å². The molecule has 4 heterocycles. The molecule has 97 heavy (non-hydrogen) atoms. The molecule has 4 nitrogen and oxygen atoms in total. The number of hydrogen-bond donors (Lipinski definition) is 0. The van der Waals surface area contributed by atoms with Gasteiger partial charge in [0.05, 0.1) is 28.2 Å². The van der Waals surface area contributed by atoms with Gasteiger partial charge in [0.2, 0.25) is 13.4 Å². The number of anilines is 12. The van der Waals surface area contributed by atoms with Gasteiger partial charge in [-0.05, 0) is 162 Å². The van der Waals surface area contributed by atoms with Crippen LogP contribution in [-0.4, -0.2) is 13.4 Å². The Kier molecular flexibility index (Phi) is 11.9. The van der Waals surface area contributed by atoms with Crippen LogP contribution in [0.25, 0.3) is 22.3 Å². The maximum Gasteiger partial charge on any atom is 0.246 e. The number of fused-ring (bicyclic) bond motifs is 20. The number of para-hydroxylation sites is 8. The van der Waals surface area contributed by atoms with Crippen LogP contribution >= 0.6 is 0 Å². The summed E-state index contributed by atoms with van der Waals surface area (Å²) in [6, 6.07) is 125. The van der Waals surface area contributed by atoms with E-state index in [-0.39, 0.29) is 24.3 Å². The lowest BCUT2D eigenvalue weighted by atomic mass is 9.35. The van der Waals surface area contributed by atoms with Gasteiger partial charge in [0.15, 0.2) is 0 Å². The summed E-state index contributed by atoms with van der Waals surface area (Å²) in [5, 5.41) is 0. The van der Waals surface area contributed by atoms with Crippen molar-refractivity contribution in [2.45, 2.75) is 43.9 Å². The average molecular weight is 1240 g/mol. The van der Waals surface area contributed by atoms with Crippen LogP contribution in [0.4, 0.5) is 68.2 Å². The fourth-order valence-electron chi connectivity index (χ4n) is 18.7. The minimum atomic E-state index is -0.834. The number of rotatable bonds is 6. The molecule has 4 aliphatic heterocycles. The van der Waals surface area contributed by atoms with Crippen molar-refractivity contribution >= 4 is 114 Å². The largest absolute Gasteiger partial charge is 0.311 e. The first-order chi connectivity index (χ1) is 47.7. The minimum absolute atomic E-state index is 0.0589. The molecule has 0 atom stereocenters. The minimum Gasteiger partial charge on any atom is -0.311 e. The zero-order valence-corrected chi connectivity index (χ0v) is 54.6. The van der Waals surface area contributed by atoms with Crippen LogP contribution in [0, 0.1) is 0 Å². The fourth-order valence-corrected chi connectivity index (χ4v) is 18.7. The normalized spacial score (nSPS) is 15.3. The van der Waals surface area contributed by atoms with E-state index >= 15 is 0 Å². The molecule has 0 bridgehead atoms. The van der Waals surface area contributed by atoms with Crippen molar-refractivity contribution in [1.29, 1.82) is 0 Å². The van der Waals surface area contributed by atoms with Crippen molar-refractivity contribution in [3.05, 3.63) is 372 Å². The highest BCUT2D eigenvalue weighted by atomic mass is 15.2. The second-order valence-electron chi connectivity index (χ2n) is 28.2. The molecule has 6 heteroatoms. The highest BCUT2D eigenvalue weighted by Crippen LogP contribution is 2.68. The van der Waals surface area contributed by atoms with E-state index in [1.165, 1.54) is 145 Å². The molecule has 0 unspecified atom stereocenters. The molecule has 0 saturated heterocycles. The van der Waals surface area contributed by atoms with E-state index in [1.54, 1.807) is 0 Å². The lowest BCUT2D eigenvalue weighted by Crippen LogP contribution is -2.57. The Bertz CT molecular complexity index is 5140. The molecule has 1 spiro atoms. The Morgan fingerprint density at radius 3 is 0.887 bits per heavy atom. The molecule has 14 aromatic carbocycles. The predicted molar refractivity (Wildman–Crippen MR) is 408 cm³/mol. The summed E-state index contributed by atoms with van der Waals surface area (Å²) < 4.78 is 0. The maximum absolute atomic E-state index is 2.62. The summed E-state index contributed by atoms with van der Waals surface area (Å²) in [4.78, 5) is 10.3. The Morgan fingerprint density at radius 1 is 0.227 bits per heavy atom. The SMILES string of the molecule is CC1(C)c2ccccc2N(c2ccc3c(c2)-c2c(ccc4c2N(c2ccccc2)c2ccccc2B4c2ccccc2)C32c3ccc(N4c5ccccc5C(C)(C)c5ccccc54)cc3-c3c2ccc2c3N(c3ccccc3)c3ccccc3B2c2ccccc2)c2ccccc21. The number of hydrogen-bond acceptors (Lipinski definition) is 4. The van der Waals surface area contributed by atoms with Gasteiger partial charge >= 0.3 is 0 Å². The second kappa shape index (κ2) is 20.7. The molecule has 2 aliphatic carbocycles. The molecule has 0 amide bonds. The van der Waals surface area contributed by atoms with Gasteiger partial charge in [0.1, 0.15) is 0 Å². The highest BCUT2D eigenvalue weighted by molar-refractivity contribution is 6.98. The van der Waals surface area contributed by atoms with Crippen LogP contribution in [0.1, 0.15) is 72.2 Å². The molecule has 0 fully saturated rings. The Labute approximate surface area is 568 Å². The van der Waals surface area contributed by atoms with E-state index in [0.717, 1.165) is 22.7 Å². The van der Waals surface area contributed by atoms with Gasteiger partial charge in [-0.3, -0.25) is 0 Å². The van der Waals surface area contributed by atoms with Gasteiger partial charge < -0.3 is 19.6 Å². The zero-order valence-electron chi connectivity index (χ0n) is 54.6. The van der Waals surface area contributed by atoms with Crippen molar-refractivity contribution in [2.75, 3.05) is 19.6 Å². The lowest BCUT2D eigenvalue weighted by molar-refractivity contribution is 0.632. The number of benzene rings is 14. The van der Waals surface area contributed by atoms with E-state index in [0.29, 0.717) is 0 Å². The average Bonchev–Trinajstić information content (AvgIpc) is 1.49. The van der Waals surface area contributed by atoms with Gasteiger partial charge in [0, 0.05) is 67.5 Å². The molecule has 456 valence electrons. The highest BCUT2D eigenvalue weighted by Gasteiger charge is 2.57. The summed E-state index contributed by atoms with van der Waals surface area (Å²) in [5.74, 6) is 0. The van der Waals surface area contributed by atoms with Crippen LogP contribution < -0.4 is 52.4 Å². The van der Waals surface area contributed by atoms with Crippen molar-refractivity contribution < 1.29 is 0 Å². The molecule has 0 saturated carbocycles. The first-order valence-corrected chi connectivity index (χ1v) is 34.3. The van der Waals surface area contributed by atoms with Gasteiger partial charge in [-0.25, -0.2) is 0 Å². The lowest BCUT2D eigenvalue weighted by Gasteiger charge is -2.42. The number of nitrogens with zero attached hydrogens (tertiary/aromatic N) is 4. The molecule has 0 aromatic heterocycles. The van der Waals surface area contributed by atoms with Crippen LogP contribution in [0.3, 0.4) is 0 Å². The van der Waals surface area contributed by atoms with Crippen LogP contribution in [0.5, 0.6) is 0 Å². The van der Waals surface area contributed by atoms with Gasteiger partial charge in [-0.1, -0.05) is 281 Å². The molecule has 0 N–H and O–H groups in total. The van der Waals surface area contributed by atoms with Crippen LogP contribution in [-0.2, 0) is 16.2 Å². The molecule has 14 aromatic rings. The third-order valence-electron chi connectivity index (χ3n) is 22.7. The van der Waals surface area contributed by atoms with Crippen molar-refractivity contribution in [3.8, 4) is 22.3 Å². The van der Waals surface area contributed by atoms with E-state index in [2.05, 4.69) is 375 Å². The fraction of sp³-hybridized carbons (Fsp3) is 0.0769. The van der Waals surface area contributed by atoms with E-state index in [9.17, 15) is 0 Å². The summed E-state index contributed by atoms with van der Waals surface area (Å²) in [5.41, 5.74) is 35.7. The maximum atomic E-state index is 2.62. The second-order valence-corrected chi connectivity index (χ2v) is 28.2. The van der Waals surface area contributed by atoms with Crippen molar-refractivity contribution in [3.63, 3.8) is 0 Å². The van der Waals surface area contributed by atoms with Gasteiger partial charge in [-0.2, -0.15) is 0 Å². The van der Waals surface area contributed by atoms with Crippen molar-refractivity contribution in [2.24, 2.45) is 0 Å². The first-order valence-electron chi connectivity index (χ1n) is 34.3. The van der Waals surface area contributed by atoms with E-state index < -0.39 is 5.41 Å². The van der Waals surface area contributed by atoms with Crippen LogP contribution in [0.2, 0.25) is 0 Å². The monoisotopic (exact) mass is 1240 g/mol. The van der Waals surface area contributed by atoms with Crippen molar-refractivity contribution in [1.82, 2.24) is 0 Å². The summed E-state index contributed by atoms with van der Waals surface area (Å²) >= 11 is 0. The Balaban J connectivity index is 0.951. The van der Waals surface area contributed by atoms with Gasteiger partial charge in [0.25, 0.3) is 0 Å². The smallest absolute Gasteiger partial charge is 0.246 e. The van der Waals surface area contributed by atoms with E-state index in [4.69, 9.17) is 0 Å². The third kappa shape index (κ3) is 7.61. The summed E-state index contributed by atoms with van der Waals surface area (Å²) in [7, 11) is 0. The molecular weight excluding hydrogens is 1170 g/mol. The predicted octanol–water partition coefficient (Wildman–Crippen LogP) is 18.8. The molecular formula is C91H66B2N4. The molecule has 6 aliphatic rings. The summed E-state index contributed by atoms with van der Waals surface area (Å²) in [6.45, 7) is 9.43. The Hall–Kier alpha value is -11.6.